The largest absolute Gasteiger partial charge is 0.398 e. The van der Waals surface area contributed by atoms with Crippen molar-refractivity contribution < 1.29 is 4.74 Å². The summed E-state index contributed by atoms with van der Waals surface area (Å²) in [5, 5.41) is 0.500. The van der Waals surface area contributed by atoms with Gasteiger partial charge >= 0.3 is 0 Å². The molecule has 2 aromatic rings. The first kappa shape index (κ1) is 13.0. The Hall–Kier alpha value is -1.40. The summed E-state index contributed by atoms with van der Waals surface area (Å²) in [6.07, 6.45) is 1.54. The number of hydrogen-bond acceptors (Lipinski definition) is 4. The summed E-state index contributed by atoms with van der Waals surface area (Å²) < 4.78 is 7.20. The first-order chi connectivity index (χ1) is 8.56. The number of nitrogen functional groups attached to an aromatic ring is 1. The Bertz CT molecular complexity index is 639. The second-order valence-electron chi connectivity index (χ2n) is 4.12. The van der Waals surface area contributed by atoms with Crippen LogP contribution >= 0.6 is 15.9 Å². The molecule has 0 saturated heterocycles. The number of aromatic nitrogens is 2. The van der Waals surface area contributed by atoms with Crippen LogP contribution in [0.25, 0.3) is 10.9 Å². The minimum absolute atomic E-state index is 0.0762. The molecular formula is C12H14BrN3O2. The average Bonchev–Trinajstić information content (AvgIpc) is 2.34. The first-order valence-corrected chi connectivity index (χ1v) is 6.29. The lowest BCUT2D eigenvalue weighted by Crippen LogP contribution is -2.26. The summed E-state index contributed by atoms with van der Waals surface area (Å²) >= 11 is 3.34. The lowest BCUT2D eigenvalue weighted by molar-refractivity contribution is 0.160. The standard InChI is InChI=1S/C12H14BrN3O2/c1-7(5-18-2)16-6-15-9-4-3-8(14)11(13)10(9)12(16)17/h3-4,6-7H,5,14H2,1-2H3. The number of benzene rings is 1. The van der Waals surface area contributed by atoms with Crippen LogP contribution in [-0.2, 0) is 4.74 Å². The maximum Gasteiger partial charge on any atom is 0.262 e. The third-order valence-electron chi connectivity index (χ3n) is 2.80. The highest BCUT2D eigenvalue weighted by Crippen LogP contribution is 2.26. The van der Waals surface area contributed by atoms with Gasteiger partial charge in [-0.1, -0.05) is 0 Å². The van der Waals surface area contributed by atoms with Crippen molar-refractivity contribution in [2.75, 3.05) is 19.5 Å². The van der Waals surface area contributed by atoms with Crippen LogP contribution in [0, 0.1) is 0 Å². The Morgan fingerprint density at radius 2 is 2.28 bits per heavy atom. The summed E-state index contributed by atoms with van der Waals surface area (Å²) in [6, 6.07) is 3.39. The fraction of sp³-hybridized carbons (Fsp3) is 0.333. The van der Waals surface area contributed by atoms with E-state index in [-0.39, 0.29) is 11.6 Å². The molecule has 0 spiro atoms. The molecule has 0 radical (unpaired) electrons. The third-order valence-corrected chi connectivity index (χ3v) is 3.66. The van der Waals surface area contributed by atoms with Gasteiger partial charge in [0.1, 0.15) is 0 Å². The van der Waals surface area contributed by atoms with E-state index in [0.29, 0.717) is 27.7 Å². The monoisotopic (exact) mass is 311 g/mol. The maximum atomic E-state index is 12.4. The molecule has 0 fully saturated rings. The number of nitrogens with zero attached hydrogens (tertiary/aromatic N) is 2. The van der Waals surface area contributed by atoms with E-state index in [2.05, 4.69) is 20.9 Å². The number of nitrogens with two attached hydrogens (primary N) is 1. The molecule has 0 aliphatic carbocycles. The van der Waals surface area contributed by atoms with E-state index < -0.39 is 0 Å². The van der Waals surface area contributed by atoms with E-state index in [1.807, 2.05) is 6.92 Å². The minimum atomic E-state index is -0.122. The lowest BCUT2D eigenvalue weighted by atomic mass is 10.2. The molecule has 2 rings (SSSR count). The van der Waals surface area contributed by atoms with Gasteiger partial charge in [0.2, 0.25) is 0 Å². The Kier molecular flexibility index (Phi) is 3.68. The zero-order valence-electron chi connectivity index (χ0n) is 10.2. The van der Waals surface area contributed by atoms with Crippen LogP contribution < -0.4 is 11.3 Å². The Morgan fingerprint density at radius 1 is 1.56 bits per heavy atom. The van der Waals surface area contributed by atoms with Crippen molar-refractivity contribution >= 4 is 32.5 Å². The van der Waals surface area contributed by atoms with Crippen LogP contribution in [0.2, 0.25) is 0 Å². The van der Waals surface area contributed by atoms with Gasteiger partial charge in [0.05, 0.1) is 34.4 Å². The molecule has 1 atom stereocenters. The van der Waals surface area contributed by atoms with Gasteiger partial charge in [0, 0.05) is 12.8 Å². The molecule has 2 N–H and O–H groups in total. The number of anilines is 1. The van der Waals surface area contributed by atoms with Crippen LogP contribution in [0.15, 0.2) is 27.7 Å². The molecular weight excluding hydrogens is 298 g/mol. The molecule has 96 valence electrons. The summed E-state index contributed by atoms with van der Waals surface area (Å²) in [5.74, 6) is 0. The van der Waals surface area contributed by atoms with Gasteiger partial charge in [0.25, 0.3) is 5.56 Å². The normalized spacial score (nSPS) is 12.8. The van der Waals surface area contributed by atoms with E-state index in [9.17, 15) is 4.79 Å². The molecule has 0 saturated carbocycles. The fourth-order valence-corrected chi connectivity index (χ4v) is 2.34. The molecule has 18 heavy (non-hydrogen) atoms. The minimum Gasteiger partial charge on any atom is -0.398 e. The van der Waals surface area contributed by atoms with Crippen molar-refractivity contribution in [2.24, 2.45) is 0 Å². The number of methoxy groups -OCH3 is 1. The number of fused-ring (bicyclic) bond motifs is 1. The van der Waals surface area contributed by atoms with E-state index in [1.165, 1.54) is 6.33 Å². The molecule has 1 aromatic carbocycles. The predicted molar refractivity (Wildman–Crippen MR) is 74.7 cm³/mol. The van der Waals surface area contributed by atoms with E-state index >= 15 is 0 Å². The molecule has 1 aromatic heterocycles. The zero-order valence-corrected chi connectivity index (χ0v) is 11.8. The molecule has 0 aliphatic heterocycles. The van der Waals surface area contributed by atoms with Gasteiger partial charge in [-0.25, -0.2) is 4.98 Å². The van der Waals surface area contributed by atoms with Crippen LogP contribution in [0.3, 0.4) is 0 Å². The van der Waals surface area contributed by atoms with E-state index in [1.54, 1.807) is 23.8 Å². The topological polar surface area (TPSA) is 70.1 Å². The van der Waals surface area contributed by atoms with Crippen LogP contribution in [0.4, 0.5) is 5.69 Å². The average molecular weight is 312 g/mol. The number of hydrogen-bond donors (Lipinski definition) is 1. The van der Waals surface area contributed by atoms with Crippen molar-refractivity contribution in [3.05, 3.63) is 33.3 Å². The number of ether oxygens (including phenoxy) is 1. The third kappa shape index (κ3) is 2.13. The maximum absolute atomic E-state index is 12.4. The van der Waals surface area contributed by atoms with Crippen LogP contribution in [0.1, 0.15) is 13.0 Å². The highest BCUT2D eigenvalue weighted by atomic mass is 79.9. The first-order valence-electron chi connectivity index (χ1n) is 5.50. The summed E-state index contributed by atoms with van der Waals surface area (Å²) in [6.45, 7) is 2.35. The van der Waals surface area contributed by atoms with Gasteiger partial charge < -0.3 is 10.5 Å². The Balaban J connectivity index is 2.70. The molecule has 5 nitrogen and oxygen atoms in total. The van der Waals surface area contributed by atoms with Crippen molar-refractivity contribution in [1.82, 2.24) is 9.55 Å². The van der Waals surface area contributed by atoms with Crippen molar-refractivity contribution in [2.45, 2.75) is 13.0 Å². The van der Waals surface area contributed by atoms with E-state index in [4.69, 9.17) is 10.5 Å². The molecule has 0 aliphatic rings. The van der Waals surface area contributed by atoms with Crippen LogP contribution in [0.5, 0.6) is 0 Å². The molecule has 1 unspecified atom stereocenters. The van der Waals surface area contributed by atoms with Crippen molar-refractivity contribution in [3.63, 3.8) is 0 Å². The van der Waals surface area contributed by atoms with Gasteiger partial charge in [-0.05, 0) is 35.0 Å². The Morgan fingerprint density at radius 3 is 2.94 bits per heavy atom. The number of rotatable bonds is 3. The second kappa shape index (κ2) is 5.07. The zero-order chi connectivity index (χ0) is 13.3. The molecule has 0 amide bonds. The van der Waals surface area contributed by atoms with Crippen molar-refractivity contribution in [3.8, 4) is 0 Å². The SMILES string of the molecule is COCC(C)n1cnc2ccc(N)c(Br)c2c1=O. The number of halogens is 1. The van der Waals surface area contributed by atoms with Gasteiger partial charge in [-0.3, -0.25) is 9.36 Å². The fourth-order valence-electron chi connectivity index (χ4n) is 1.83. The van der Waals surface area contributed by atoms with Gasteiger partial charge in [0.15, 0.2) is 0 Å². The summed E-state index contributed by atoms with van der Waals surface area (Å²) in [4.78, 5) is 16.7. The van der Waals surface area contributed by atoms with E-state index in [0.717, 1.165) is 0 Å². The lowest BCUT2D eigenvalue weighted by Gasteiger charge is -2.14. The molecule has 0 bridgehead atoms. The van der Waals surface area contributed by atoms with Crippen molar-refractivity contribution in [1.29, 1.82) is 0 Å². The Labute approximate surface area is 113 Å². The second-order valence-corrected chi connectivity index (χ2v) is 4.92. The van der Waals surface area contributed by atoms with Gasteiger partial charge in [-0.2, -0.15) is 0 Å². The predicted octanol–water partition coefficient (Wildman–Crippen LogP) is 1.95. The highest BCUT2D eigenvalue weighted by Gasteiger charge is 2.13. The molecule has 6 heteroatoms. The highest BCUT2D eigenvalue weighted by molar-refractivity contribution is 9.10. The quantitative estimate of drug-likeness (QED) is 0.880. The smallest absolute Gasteiger partial charge is 0.262 e. The summed E-state index contributed by atoms with van der Waals surface area (Å²) in [7, 11) is 1.60. The van der Waals surface area contributed by atoms with Gasteiger partial charge in [-0.15, -0.1) is 0 Å². The van der Waals surface area contributed by atoms with Crippen LogP contribution in [-0.4, -0.2) is 23.3 Å². The molecule has 1 heterocycles. The summed E-state index contributed by atoms with van der Waals surface area (Å²) in [5.41, 5.74) is 6.82.